The lowest BCUT2D eigenvalue weighted by molar-refractivity contribution is -0.112. The molecule has 1 heterocycles. The minimum Gasteiger partial charge on any atom is -0.366 e. The van der Waals surface area contributed by atoms with Crippen molar-refractivity contribution in [3.63, 3.8) is 0 Å². The number of amides is 1. The summed E-state index contributed by atoms with van der Waals surface area (Å²) in [5.41, 5.74) is 5.52. The monoisotopic (exact) mass is 401 g/mol. The summed E-state index contributed by atoms with van der Waals surface area (Å²) >= 11 is 0. The van der Waals surface area contributed by atoms with E-state index in [0.29, 0.717) is 11.6 Å². The molecule has 4 heteroatoms. The Hall–Kier alpha value is -3.06. The molecular formula is C26H31N3O. The van der Waals surface area contributed by atoms with E-state index in [1.165, 1.54) is 16.8 Å². The predicted molar refractivity (Wildman–Crippen MR) is 125 cm³/mol. The second-order valence-electron chi connectivity index (χ2n) is 8.65. The Bertz CT molecular complexity index is 996. The lowest BCUT2D eigenvalue weighted by Gasteiger charge is -2.47. The van der Waals surface area contributed by atoms with E-state index in [9.17, 15) is 10.1 Å². The van der Waals surface area contributed by atoms with Gasteiger partial charge in [0, 0.05) is 23.5 Å². The number of nitriles is 1. The van der Waals surface area contributed by atoms with Crippen LogP contribution in [0.5, 0.6) is 0 Å². The van der Waals surface area contributed by atoms with E-state index >= 15 is 0 Å². The van der Waals surface area contributed by atoms with Gasteiger partial charge in [-0.05, 0) is 86.6 Å². The first kappa shape index (κ1) is 21.6. The molecule has 1 aliphatic heterocycles. The number of hydrogen-bond donors (Lipinski definition) is 1. The molecule has 30 heavy (non-hydrogen) atoms. The van der Waals surface area contributed by atoms with Crippen LogP contribution >= 0.6 is 0 Å². The van der Waals surface area contributed by atoms with Crippen molar-refractivity contribution in [2.75, 3.05) is 16.8 Å². The highest BCUT2D eigenvalue weighted by Crippen LogP contribution is 2.43. The van der Waals surface area contributed by atoms with Crippen LogP contribution in [0.25, 0.3) is 6.08 Å². The Balaban J connectivity index is 1.86. The first-order valence-corrected chi connectivity index (χ1v) is 10.7. The van der Waals surface area contributed by atoms with Gasteiger partial charge in [-0.3, -0.25) is 4.79 Å². The molecule has 0 saturated carbocycles. The summed E-state index contributed by atoms with van der Waals surface area (Å²) in [6.07, 6.45) is 3.69. The van der Waals surface area contributed by atoms with Crippen molar-refractivity contribution in [3.8, 4) is 6.07 Å². The number of nitrogens with one attached hydrogen (secondary N) is 1. The van der Waals surface area contributed by atoms with Crippen LogP contribution in [0.4, 0.5) is 11.4 Å². The molecule has 2 aromatic carbocycles. The predicted octanol–water partition coefficient (Wildman–Crippen LogP) is 5.91. The standard InChI is InChI=1S/C26H31N3O/c1-6-19-8-11-22(12-9-19)28-25(30)21(17-27)14-20-10-13-24-23(15-20)18(3)16-26(4,5)29(24)7-2/h8-15,18H,6-7,16H2,1-5H3,(H,28,30)/b21-14-. The molecule has 0 bridgehead atoms. The molecule has 1 amide bonds. The summed E-state index contributed by atoms with van der Waals surface area (Å²) in [5, 5.41) is 12.4. The van der Waals surface area contributed by atoms with Crippen molar-refractivity contribution in [2.24, 2.45) is 0 Å². The van der Waals surface area contributed by atoms with E-state index in [0.717, 1.165) is 24.9 Å². The zero-order valence-electron chi connectivity index (χ0n) is 18.6. The average molecular weight is 402 g/mol. The lowest BCUT2D eigenvalue weighted by atomic mass is 9.79. The molecule has 1 unspecified atom stereocenters. The van der Waals surface area contributed by atoms with E-state index in [2.05, 4.69) is 63.0 Å². The third kappa shape index (κ3) is 4.41. The molecule has 1 N–H and O–H groups in total. The quantitative estimate of drug-likeness (QED) is 0.501. The minimum atomic E-state index is -0.385. The van der Waals surface area contributed by atoms with Gasteiger partial charge < -0.3 is 10.2 Å². The molecule has 4 nitrogen and oxygen atoms in total. The normalized spacial score (nSPS) is 17.8. The van der Waals surface area contributed by atoms with Gasteiger partial charge in [0.1, 0.15) is 11.6 Å². The number of anilines is 2. The van der Waals surface area contributed by atoms with Crippen LogP contribution in [0, 0.1) is 11.3 Å². The van der Waals surface area contributed by atoms with E-state index in [1.54, 1.807) is 6.08 Å². The van der Waals surface area contributed by atoms with Crippen molar-refractivity contribution >= 4 is 23.4 Å². The number of hydrogen-bond acceptors (Lipinski definition) is 3. The van der Waals surface area contributed by atoms with Crippen LogP contribution in [-0.4, -0.2) is 18.0 Å². The Morgan fingerprint density at radius 3 is 2.53 bits per heavy atom. The summed E-state index contributed by atoms with van der Waals surface area (Å²) in [5.74, 6) is 0.0337. The molecule has 0 fully saturated rings. The number of nitrogens with zero attached hydrogens (tertiary/aromatic N) is 2. The van der Waals surface area contributed by atoms with E-state index < -0.39 is 0 Å². The Kier molecular flexibility index (Phi) is 6.31. The molecule has 0 radical (unpaired) electrons. The molecular weight excluding hydrogens is 370 g/mol. The average Bonchev–Trinajstić information content (AvgIpc) is 2.72. The minimum absolute atomic E-state index is 0.102. The molecule has 1 aliphatic rings. The molecule has 2 aromatic rings. The maximum absolute atomic E-state index is 12.6. The highest BCUT2D eigenvalue weighted by molar-refractivity contribution is 6.09. The molecule has 0 aromatic heterocycles. The van der Waals surface area contributed by atoms with E-state index in [-0.39, 0.29) is 17.0 Å². The maximum atomic E-state index is 12.6. The van der Waals surface area contributed by atoms with E-state index in [4.69, 9.17) is 0 Å². The van der Waals surface area contributed by atoms with Crippen LogP contribution in [0.1, 0.15) is 63.6 Å². The van der Waals surface area contributed by atoms with E-state index in [1.807, 2.05) is 30.3 Å². The SMILES string of the molecule is CCc1ccc(NC(=O)/C(C#N)=C\c2ccc3c(c2)C(C)CC(C)(C)N3CC)cc1. The Morgan fingerprint density at radius 1 is 1.23 bits per heavy atom. The summed E-state index contributed by atoms with van der Waals surface area (Å²) in [7, 11) is 0. The van der Waals surface area contributed by atoms with Gasteiger partial charge in [0.05, 0.1) is 0 Å². The number of aryl methyl sites for hydroxylation is 1. The number of carbonyl (C=O) groups is 1. The number of fused-ring (bicyclic) bond motifs is 1. The molecule has 3 rings (SSSR count). The summed E-state index contributed by atoms with van der Waals surface area (Å²) in [6, 6.07) is 16.0. The number of carbonyl (C=O) groups excluding carboxylic acids is 1. The van der Waals surface area contributed by atoms with Gasteiger partial charge in [0.2, 0.25) is 0 Å². The smallest absolute Gasteiger partial charge is 0.266 e. The Morgan fingerprint density at radius 2 is 1.93 bits per heavy atom. The fraction of sp³-hybridized carbons (Fsp3) is 0.385. The topological polar surface area (TPSA) is 56.1 Å². The van der Waals surface area contributed by atoms with Gasteiger partial charge in [0.15, 0.2) is 0 Å². The summed E-state index contributed by atoms with van der Waals surface area (Å²) in [6.45, 7) is 12.0. The second-order valence-corrected chi connectivity index (χ2v) is 8.65. The number of rotatable bonds is 5. The van der Waals surface area contributed by atoms with Crippen LogP contribution in [0.2, 0.25) is 0 Å². The summed E-state index contributed by atoms with van der Waals surface area (Å²) in [4.78, 5) is 15.1. The van der Waals surface area contributed by atoms with Crippen molar-refractivity contribution in [3.05, 3.63) is 64.7 Å². The highest BCUT2D eigenvalue weighted by Gasteiger charge is 2.35. The fourth-order valence-corrected chi connectivity index (χ4v) is 4.53. The van der Waals surface area contributed by atoms with Gasteiger partial charge >= 0.3 is 0 Å². The maximum Gasteiger partial charge on any atom is 0.266 e. The van der Waals surface area contributed by atoms with Crippen molar-refractivity contribution in [1.29, 1.82) is 5.26 Å². The van der Waals surface area contributed by atoms with Gasteiger partial charge in [-0.2, -0.15) is 5.26 Å². The molecule has 0 saturated heterocycles. The molecule has 0 aliphatic carbocycles. The second kappa shape index (κ2) is 8.75. The van der Waals surface area contributed by atoms with Crippen LogP contribution < -0.4 is 10.2 Å². The first-order valence-electron chi connectivity index (χ1n) is 10.7. The first-order chi connectivity index (χ1) is 14.3. The van der Waals surface area contributed by atoms with Crippen molar-refractivity contribution < 1.29 is 4.79 Å². The van der Waals surface area contributed by atoms with Gasteiger partial charge in [-0.1, -0.05) is 32.0 Å². The van der Waals surface area contributed by atoms with Crippen LogP contribution in [0.15, 0.2) is 48.0 Å². The van der Waals surface area contributed by atoms with Gasteiger partial charge in [0.25, 0.3) is 5.91 Å². The number of benzene rings is 2. The lowest BCUT2D eigenvalue weighted by Crippen LogP contribution is -2.48. The zero-order valence-corrected chi connectivity index (χ0v) is 18.6. The third-order valence-corrected chi connectivity index (χ3v) is 6.02. The van der Waals surface area contributed by atoms with Gasteiger partial charge in [-0.25, -0.2) is 0 Å². The molecule has 1 atom stereocenters. The highest BCUT2D eigenvalue weighted by atomic mass is 16.1. The van der Waals surface area contributed by atoms with Crippen molar-refractivity contribution in [2.45, 2.75) is 58.9 Å². The van der Waals surface area contributed by atoms with Crippen molar-refractivity contribution in [1.82, 2.24) is 0 Å². The Labute approximate surface area is 180 Å². The summed E-state index contributed by atoms with van der Waals surface area (Å²) < 4.78 is 0. The molecule has 0 spiro atoms. The van der Waals surface area contributed by atoms with Gasteiger partial charge in [-0.15, -0.1) is 0 Å². The third-order valence-electron chi connectivity index (χ3n) is 6.02. The van der Waals surface area contributed by atoms with Crippen LogP contribution in [0.3, 0.4) is 0 Å². The molecule has 156 valence electrons. The zero-order chi connectivity index (χ0) is 21.9. The van der Waals surface area contributed by atoms with Crippen LogP contribution in [-0.2, 0) is 11.2 Å². The fourth-order valence-electron chi connectivity index (χ4n) is 4.53. The largest absolute Gasteiger partial charge is 0.366 e.